The van der Waals surface area contributed by atoms with E-state index in [0.717, 1.165) is 22.2 Å². The topological polar surface area (TPSA) is 93.0 Å². The van der Waals surface area contributed by atoms with Gasteiger partial charge in [0.05, 0.1) is 41.6 Å². The Balaban J connectivity index is 1.55. The molecule has 0 spiro atoms. The Labute approximate surface area is 193 Å². The number of hydrogen-bond donors (Lipinski definition) is 2. The zero-order chi connectivity index (χ0) is 22.4. The fourth-order valence-electron chi connectivity index (χ4n) is 4.16. The van der Waals surface area contributed by atoms with Crippen molar-refractivity contribution in [1.29, 1.82) is 0 Å². The molecule has 3 aromatic heterocycles. The van der Waals surface area contributed by atoms with E-state index in [-0.39, 0.29) is 11.7 Å². The van der Waals surface area contributed by atoms with Crippen LogP contribution < -0.4 is 4.74 Å². The molecule has 0 saturated heterocycles. The van der Waals surface area contributed by atoms with Crippen molar-refractivity contribution in [3.63, 3.8) is 0 Å². The summed E-state index contributed by atoms with van der Waals surface area (Å²) in [6.07, 6.45) is 5.03. The number of nitrogens with zero attached hydrogens (tertiary/aromatic N) is 3. The number of ketones is 1. The van der Waals surface area contributed by atoms with Gasteiger partial charge in [-0.15, -0.1) is 0 Å². The third-order valence-corrected chi connectivity index (χ3v) is 6.18. The van der Waals surface area contributed by atoms with Gasteiger partial charge in [0.1, 0.15) is 10.9 Å². The monoisotopic (exact) mass is 470 g/mol. The van der Waals surface area contributed by atoms with Crippen LogP contribution in [0.25, 0.3) is 22.2 Å². The number of H-pyrrole nitrogens is 1. The van der Waals surface area contributed by atoms with Crippen LogP contribution in [-0.2, 0) is 13.0 Å². The van der Waals surface area contributed by atoms with Crippen molar-refractivity contribution < 1.29 is 14.6 Å². The van der Waals surface area contributed by atoms with Crippen molar-refractivity contribution in [2.45, 2.75) is 26.0 Å². The van der Waals surface area contributed by atoms with Gasteiger partial charge in [-0.25, -0.2) is 0 Å². The first kappa shape index (κ1) is 21.0. The van der Waals surface area contributed by atoms with E-state index >= 15 is 0 Å². The maximum absolute atomic E-state index is 13.5. The van der Waals surface area contributed by atoms with Crippen LogP contribution in [-0.4, -0.2) is 43.3 Å². The summed E-state index contributed by atoms with van der Waals surface area (Å²) in [7, 11) is 0. The number of carbonyl (C=O) groups excluding carboxylic acids is 1. The summed E-state index contributed by atoms with van der Waals surface area (Å²) in [5.74, 6) is 0.397. The van der Waals surface area contributed by atoms with Crippen molar-refractivity contribution in [3.05, 3.63) is 64.2 Å². The molecular formula is C23H20Cl2N4O3. The predicted molar refractivity (Wildman–Crippen MR) is 122 cm³/mol. The normalized spacial score (nSPS) is 16.6. The van der Waals surface area contributed by atoms with Gasteiger partial charge in [-0.3, -0.25) is 14.9 Å². The first-order valence-electron chi connectivity index (χ1n) is 10.2. The van der Waals surface area contributed by atoms with Gasteiger partial charge in [0, 0.05) is 34.9 Å². The summed E-state index contributed by atoms with van der Waals surface area (Å²) in [6, 6.07) is 7.31. The van der Waals surface area contributed by atoms with Crippen LogP contribution in [0.3, 0.4) is 0 Å². The van der Waals surface area contributed by atoms with Crippen LogP contribution >= 0.6 is 23.2 Å². The van der Waals surface area contributed by atoms with Crippen molar-refractivity contribution in [2.75, 3.05) is 6.61 Å². The molecular weight excluding hydrogens is 451 g/mol. The number of hydrogen-bond acceptors (Lipinski definition) is 5. The van der Waals surface area contributed by atoms with Gasteiger partial charge in [0.25, 0.3) is 0 Å². The summed E-state index contributed by atoms with van der Waals surface area (Å²) < 4.78 is 7.71. The fraction of sp³-hybridized carbons (Fsp3) is 0.261. The highest BCUT2D eigenvalue weighted by molar-refractivity contribution is 6.32. The lowest BCUT2D eigenvalue weighted by Crippen LogP contribution is -2.28. The smallest absolute Gasteiger partial charge is 0.171 e. The minimum absolute atomic E-state index is 0.0270. The number of aromatic nitrogens is 4. The van der Waals surface area contributed by atoms with Crippen LogP contribution in [0.15, 0.2) is 42.9 Å². The van der Waals surface area contributed by atoms with Gasteiger partial charge in [-0.05, 0) is 43.2 Å². The average molecular weight is 471 g/mol. The van der Waals surface area contributed by atoms with Gasteiger partial charge in [-0.1, -0.05) is 23.2 Å². The fourth-order valence-corrected chi connectivity index (χ4v) is 4.55. The first-order valence-corrected chi connectivity index (χ1v) is 11.0. The lowest BCUT2D eigenvalue weighted by molar-refractivity contribution is 0.0856. The third kappa shape index (κ3) is 3.77. The third-order valence-electron chi connectivity index (χ3n) is 5.66. The summed E-state index contributed by atoms with van der Waals surface area (Å²) in [4.78, 5) is 18.0. The molecule has 2 N–H and O–H groups in total. The SMILES string of the molecule is C[C@H](O)Cn1cc(C(=O)[C@@H]2COc3ccc(Cl)cc3C2)c2cnc(-c3cn[nH]c3Cl)cc21. The molecule has 0 bridgehead atoms. The number of benzene rings is 1. The molecule has 0 unspecified atom stereocenters. The summed E-state index contributed by atoms with van der Waals surface area (Å²) >= 11 is 12.3. The summed E-state index contributed by atoms with van der Waals surface area (Å²) in [6.45, 7) is 2.34. The van der Waals surface area contributed by atoms with E-state index in [4.69, 9.17) is 27.9 Å². The maximum Gasteiger partial charge on any atom is 0.171 e. The van der Waals surface area contributed by atoms with E-state index in [0.29, 0.717) is 46.6 Å². The first-order chi connectivity index (χ1) is 15.4. The van der Waals surface area contributed by atoms with Crippen molar-refractivity contribution in [2.24, 2.45) is 5.92 Å². The van der Waals surface area contributed by atoms with Crippen molar-refractivity contribution in [3.8, 4) is 17.0 Å². The molecule has 2 atom stereocenters. The molecule has 1 aliphatic heterocycles. The number of aliphatic hydroxyl groups is 1. The van der Waals surface area contributed by atoms with E-state index in [9.17, 15) is 9.90 Å². The minimum Gasteiger partial charge on any atom is -0.493 e. The van der Waals surface area contributed by atoms with E-state index in [1.165, 1.54) is 0 Å². The number of pyridine rings is 1. The number of aromatic amines is 1. The number of ether oxygens (including phenoxy) is 1. The lowest BCUT2D eigenvalue weighted by atomic mass is 9.90. The maximum atomic E-state index is 13.5. The molecule has 1 aliphatic rings. The van der Waals surface area contributed by atoms with Crippen molar-refractivity contribution >= 4 is 39.9 Å². The Morgan fingerprint density at radius 1 is 1.34 bits per heavy atom. The molecule has 4 heterocycles. The van der Waals surface area contributed by atoms with Crippen LogP contribution in [0.2, 0.25) is 10.2 Å². The van der Waals surface area contributed by atoms with Crippen molar-refractivity contribution in [1.82, 2.24) is 19.7 Å². The second kappa shape index (κ2) is 8.24. The van der Waals surface area contributed by atoms with E-state index in [1.807, 2.05) is 22.8 Å². The van der Waals surface area contributed by atoms with Crippen LogP contribution in [0.5, 0.6) is 5.75 Å². The molecule has 5 rings (SSSR count). The highest BCUT2D eigenvalue weighted by Gasteiger charge is 2.29. The van der Waals surface area contributed by atoms with Crippen LogP contribution in [0, 0.1) is 5.92 Å². The number of fused-ring (bicyclic) bond motifs is 2. The molecule has 32 heavy (non-hydrogen) atoms. The molecule has 0 aliphatic carbocycles. The second-order valence-electron chi connectivity index (χ2n) is 8.06. The molecule has 1 aromatic carbocycles. The lowest BCUT2D eigenvalue weighted by Gasteiger charge is -2.24. The van der Waals surface area contributed by atoms with Gasteiger partial charge >= 0.3 is 0 Å². The molecule has 0 saturated carbocycles. The molecule has 0 fully saturated rings. The predicted octanol–water partition coefficient (Wildman–Crippen LogP) is 4.55. The molecule has 0 amide bonds. The zero-order valence-electron chi connectivity index (χ0n) is 17.2. The Morgan fingerprint density at radius 3 is 2.94 bits per heavy atom. The summed E-state index contributed by atoms with van der Waals surface area (Å²) in [5, 5.41) is 18.4. The van der Waals surface area contributed by atoms with Crippen LogP contribution in [0.4, 0.5) is 0 Å². The second-order valence-corrected chi connectivity index (χ2v) is 8.87. The Morgan fingerprint density at radius 2 is 2.19 bits per heavy atom. The summed E-state index contributed by atoms with van der Waals surface area (Å²) in [5.41, 5.74) is 3.56. The van der Waals surface area contributed by atoms with Gasteiger partial charge in [0.2, 0.25) is 0 Å². The molecule has 4 aromatic rings. The number of halogens is 2. The zero-order valence-corrected chi connectivity index (χ0v) is 18.7. The van der Waals surface area contributed by atoms with Gasteiger partial charge in [0.15, 0.2) is 5.78 Å². The Hall–Kier alpha value is -2.87. The Bertz CT molecular complexity index is 1330. The van der Waals surface area contributed by atoms with Gasteiger partial charge < -0.3 is 14.4 Å². The Kier molecular flexibility index (Phi) is 5.41. The highest BCUT2D eigenvalue weighted by Crippen LogP contribution is 2.34. The number of rotatable bonds is 5. The number of Topliss-reactive ketones (excluding diaryl/α,β-unsaturated/α-hetero) is 1. The highest BCUT2D eigenvalue weighted by atomic mass is 35.5. The average Bonchev–Trinajstić information content (AvgIpc) is 3.35. The van der Waals surface area contributed by atoms with Gasteiger partial charge in [-0.2, -0.15) is 5.10 Å². The molecule has 9 heteroatoms. The van der Waals surface area contributed by atoms with E-state index in [1.54, 1.807) is 31.6 Å². The molecule has 7 nitrogen and oxygen atoms in total. The molecule has 164 valence electrons. The number of aliphatic hydroxyl groups excluding tert-OH is 1. The molecule has 0 radical (unpaired) electrons. The van der Waals surface area contributed by atoms with E-state index in [2.05, 4.69) is 15.2 Å². The standard InChI is InChI=1S/C23H20Cl2N4O3/c1-12(30)9-29-10-18(16-7-26-19(6-20(16)29)17-8-27-28-23(17)25)22(31)14-4-13-5-15(24)2-3-21(13)32-11-14/h2-3,5-8,10,12,14,30H,4,9,11H2,1H3,(H,27,28)/t12-,14-/m0/s1. The quantitative estimate of drug-likeness (QED) is 0.417. The van der Waals surface area contributed by atoms with Crippen LogP contribution in [0.1, 0.15) is 22.8 Å². The van der Waals surface area contributed by atoms with E-state index < -0.39 is 6.10 Å². The largest absolute Gasteiger partial charge is 0.493 e. The number of carbonyl (C=O) groups is 1. The number of nitrogens with one attached hydrogen (secondary N) is 1. The minimum atomic E-state index is -0.588.